The van der Waals surface area contributed by atoms with Crippen molar-refractivity contribution >= 4 is 23.4 Å². The molecule has 7 rings (SSSR count). The first-order valence-corrected chi connectivity index (χ1v) is 14.9. The van der Waals surface area contributed by atoms with E-state index in [1.165, 1.54) is 14.2 Å². The predicted molar refractivity (Wildman–Crippen MR) is 159 cm³/mol. The third-order valence-corrected chi connectivity index (χ3v) is 10.3. The number of hydrogen-bond acceptors (Lipinski definition) is 10. The number of nitriles is 1. The number of allylic oxidation sites excluding steroid dienone is 2. The van der Waals surface area contributed by atoms with Crippen molar-refractivity contribution in [2.75, 3.05) is 27.8 Å². The summed E-state index contributed by atoms with van der Waals surface area (Å²) in [6.07, 6.45) is 0.546. The minimum atomic E-state index is -0.977. The molecule has 1 N–H and O–H groups in total. The summed E-state index contributed by atoms with van der Waals surface area (Å²) in [5.74, 6) is -1.59. The van der Waals surface area contributed by atoms with E-state index in [0.29, 0.717) is 17.7 Å². The van der Waals surface area contributed by atoms with E-state index in [9.17, 15) is 29.5 Å². The molecule has 11 heteroatoms. The quantitative estimate of drug-likeness (QED) is 0.407. The number of hydrogen-bond donors (Lipinski definition) is 1. The number of likely N-dealkylation sites (N-methyl/N-ethyl adjacent to an activating group) is 1. The molecule has 2 amide bonds. The van der Waals surface area contributed by atoms with Gasteiger partial charge < -0.3 is 14.6 Å². The minimum absolute atomic E-state index is 0.00127. The highest BCUT2D eigenvalue weighted by Crippen LogP contribution is 2.54. The lowest BCUT2D eigenvalue weighted by Crippen LogP contribution is -2.71. The fourth-order valence-corrected chi connectivity index (χ4v) is 8.37. The lowest BCUT2D eigenvalue weighted by atomic mass is 9.69. The minimum Gasteiger partial charge on any atom is -0.504 e. The Hall–Kier alpha value is -4.79. The van der Waals surface area contributed by atoms with E-state index in [1.54, 1.807) is 31.2 Å². The Labute approximate surface area is 259 Å². The largest absolute Gasteiger partial charge is 0.504 e. The Morgan fingerprint density at radius 2 is 1.64 bits per heavy atom. The summed E-state index contributed by atoms with van der Waals surface area (Å²) in [4.78, 5) is 60.3. The number of phenols is 1. The van der Waals surface area contributed by atoms with Crippen LogP contribution in [-0.2, 0) is 20.7 Å². The van der Waals surface area contributed by atoms with Gasteiger partial charge in [0, 0.05) is 40.9 Å². The molecule has 4 aliphatic heterocycles. The first kappa shape index (κ1) is 29.0. The monoisotopic (exact) mass is 608 g/mol. The van der Waals surface area contributed by atoms with Crippen LogP contribution in [0.3, 0.4) is 0 Å². The molecule has 0 radical (unpaired) electrons. The standard InChI is InChI=1S/C34H32N4O7/c1-15-10-17-11-21-23(13-35)38-22(27(36(21)3)25(17)29(40)31(15)44-4)12-20-26(30(41)32(45-5)16(2)28(20)39)24(38)14-37-33(42)18-8-6-7-9-19(18)34(37)43/h6-10,21-24,27,40H,11-12,14H2,1-5H3/t21?,22-,23-,24-,27-/m0/s1. The highest BCUT2D eigenvalue weighted by molar-refractivity contribution is 6.25. The number of carbonyl (C=O) groups excluding carboxylic acids is 4. The number of rotatable bonds is 4. The van der Waals surface area contributed by atoms with Crippen molar-refractivity contribution in [2.45, 2.75) is 56.9 Å². The van der Waals surface area contributed by atoms with Crippen LogP contribution in [0.4, 0.5) is 0 Å². The number of ether oxygens (including phenoxy) is 2. The maximum Gasteiger partial charge on any atom is 0.261 e. The van der Waals surface area contributed by atoms with Crippen molar-refractivity contribution < 1.29 is 33.8 Å². The van der Waals surface area contributed by atoms with Gasteiger partial charge in [0.15, 0.2) is 23.0 Å². The van der Waals surface area contributed by atoms with E-state index in [2.05, 4.69) is 11.0 Å². The van der Waals surface area contributed by atoms with Gasteiger partial charge in [0.2, 0.25) is 5.78 Å². The molecule has 1 fully saturated rings. The van der Waals surface area contributed by atoms with Crippen LogP contribution in [0.5, 0.6) is 11.5 Å². The number of nitrogens with zero attached hydrogens (tertiary/aromatic N) is 4. The van der Waals surface area contributed by atoms with Gasteiger partial charge in [-0.1, -0.05) is 18.2 Å². The molecule has 11 nitrogen and oxygen atoms in total. The topological polar surface area (TPSA) is 140 Å². The second kappa shape index (κ2) is 10.1. The number of methoxy groups -OCH3 is 2. The lowest BCUT2D eigenvalue weighted by molar-refractivity contribution is -0.123. The van der Waals surface area contributed by atoms with Crippen LogP contribution < -0.4 is 4.74 Å². The lowest BCUT2D eigenvalue weighted by Gasteiger charge is -2.60. The van der Waals surface area contributed by atoms with Crippen LogP contribution in [0, 0.1) is 18.3 Å². The number of aromatic hydroxyl groups is 1. The van der Waals surface area contributed by atoms with Crippen molar-refractivity contribution in [1.29, 1.82) is 5.26 Å². The van der Waals surface area contributed by atoms with Gasteiger partial charge in [0.05, 0.1) is 43.5 Å². The highest BCUT2D eigenvalue weighted by atomic mass is 16.5. The normalized spacial score (nSPS) is 27.6. The van der Waals surface area contributed by atoms with Crippen LogP contribution in [0.15, 0.2) is 52.8 Å². The molecule has 230 valence electrons. The van der Waals surface area contributed by atoms with Crippen LogP contribution in [0.1, 0.15) is 56.8 Å². The maximum atomic E-state index is 14.1. The van der Waals surface area contributed by atoms with Gasteiger partial charge >= 0.3 is 0 Å². The first-order valence-electron chi connectivity index (χ1n) is 14.9. The Bertz CT molecular complexity index is 1820. The molecule has 5 atom stereocenters. The van der Waals surface area contributed by atoms with Gasteiger partial charge in [-0.05, 0) is 57.0 Å². The summed E-state index contributed by atoms with van der Waals surface area (Å²) in [5, 5.41) is 22.3. The zero-order chi connectivity index (χ0) is 32.1. The molecular weight excluding hydrogens is 576 g/mol. The van der Waals surface area contributed by atoms with Gasteiger partial charge in [-0.2, -0.15) is 5.26 Å². The van der Waals surface area contributed by atoms with E-state index in [-0.39, 0.29) is 64.1 Å². The van der Waals surface area contributed by atoms with Crippen LogP contribution in [0.25, 0.3) is 0 Å². The molecule has 1 saturated heterocycles. The fraction of sp³-hybridized carbons (Fsp3) is 0.382. The van der Waals surface area contributed by atoms with Crippen molar-refractivity contribution in [2.24, 2.45) is 0 Å². The molecule has 0 saturated carbocycles. The van der Waals surface area contributed by atoms with Gasteiger partial charge in [0.25, 0.3) is 11.8 Å². The van der Waals surface area contributed by atoms with Crippen molar-refractivity contribution in [1.82, 2.24) is 14.7 Å². The van der Waals surface area contributed by atoms with Crippen LogP contribution in [-0.4, -0.2) is 95.2 Å². The molecule has 45 heavy (non-hydrogen) atoms. The number of phenolic OH excluding ortho intramolecular Hbond substituents is 1. The summed E-state index contributed by atoms with van der Waals surface area (Å²) in [5.41, 5.74) is 3.41. The number of aryl methyl sites for hydroxylation is 1. The van der Waals surface area contributed by atoms with Gasteiger partial charge in [-0.25, -0.2) is 0 Å². The predicted octanol–water partition coefficient (Wildman–Crippen LogP) is 2.62. The van der Waals surface area contributed by atoms with Crippen molar-refractivity contribution in [3.8, 4) is 17.6 Å². The Kier molecular flexibility index (Phi) is 6.51. The molecule has 1 aliphatic carbocycles. The molecule has 0 spiro atoms. The maximum absolute atomic E-state index is 14.1. The second-order valence-corrected chi connectivity index (χ2v) is 12.3. The van der Waals surface area contributed by atoms with E-state index < -0.39 is 41.8 Å². The fourth-order valence-electron chi connectivity index (χ4n) is 8.37. The van der Waals surface area contributed by atoms with E-state index in [1.807, 2.05) is 24.9 Å². The van der Waals surface area contributed by atoms with E-state index in [4.69, 9.17) is 9.47 Å². The number of ketones is 2. The first-order chi connectivity index (χ1) is 21.5. The second-order valence-electron chi connectivity index (χ2n) is 12.3. The van der Waals surface area contributed by atoms with Crippen molar-refractivity contribution in [3.05, 3.63) is 80.6 Å². The third-order valence-electron chi connectivity index (χ3n) is 10.3. The zero-order valence-corrected chi connectivity index (χ0v) is 25.6. The smallest absolute Gasteiger partial charge is 0.261 e. The molecular formula is C34H32N4O7. The number of fused-ring (bicyclic) bond motifs is 7. The van der Waals surface area contributed by atoms with Crippen molar-refractivity contribution in [3.63, 3.8) is 0 Å². The molecule has 2 aromatic rings. The molecule has 5 aliphatic rings. The number of carbonyl (C=O) groups is 4. The third kappa shape index (κ3) is 3.76. The molecule has 2 aromatic carbocycles. The number of piperazine rings is 1. The Morgan fingerprint density at radius 1 is 0.978 bits per heavy atom. The number of amides is 2. The summed E-state index contributed by atoms with van der Waals surface area (Å²) < 4.78 is 11.0. The van der Waals surface area contributed by atoms with Gasteiger partial charge in [0.1, 0.15) is 6.04 Å². The highest BCUT2D eigenvalue weighted by Gasteiger charge is 2.58. The SMILES string of the molecule is COC1=C(C)C(=O)C2=C(C1=O)[C@H](CN1C(=O)c3ccccc3C1=O)N1[C@@H](C#N)C3Cc4cc(C)c(OC)c(O)c4[C@H]([C@@H]1C2)N3C. The van der Waals surface area contributed by atoms with E-state index in [0.717, 1.165) is 16.0 Å². The summed E-state index contributed by atoms with van der Waals surface area (Å²) in [6, 6.07) is 7.81. The molecule has 0 aromatic heterocycles. The average Bonchev–Trinajstić information content (AvgIpc) is 3.25. The zero-order valence-electron chi connectivity index (χ0n) is 25.6. The summed E-state index contributed by atoms with van der Waals surface area (Å²) in [6.45, 7) is 3.16. The van der Waals surface area contributed by atoms with Crippen LogP contribution in [0.2, 0.25) is 0 Å². The summed E-state index contributed by atoms with van der Waals surface area (Å²) in [7, 11) is 4.72. The van der Waals surface area contributed by atoms with E-state index >= 15 is 0 Å². The number of Topliss-reactive ketones (excluding diaryl/α,β-unsaturated/α-hetero) is 2. The average molecular weight is 609 g/mol. The number of benzene rings is 2. The van der Waals surface area contributed by atoms with Crippen LogP contribution >= 0.6 is 0 Å². The Balaban J connectivity index is 1.43. The molecule has 4 heterocycles. The Morgan fingerprint density at radius 3 is 2.24 bits per heavy atom. The molecule has 2 bridgehead atoms. The summed E-state index contributed by atoms with van der Waals surface area (Å²) >= 11 is 0. The number of imide groups is 1. The van der Waals surface area contributed by atoms with Gasteiger partial charge in [-0.3, -0.25) is 33.9 Å². The van der Waals surface area contributed by atoms with Gasteiger partial charge in [-0.15, -0.1) is 0 Å². The molecule has 1 unspecified atom stereocenters.